The Balaban J connectivity index is 1.45. The van der Waals surface area contributed by atoms with Gasteiger partial charge < -0.3 is 5.32 Å². The lowest BCUT2D eigenvalue weighted by molar-refractivity contribution is -0.113. The quantitative estimate of drug-likeness (QED) is 0.192. The molecule has 0 aliphatic carbocycles. The van der Waals surface area contributed by atoms with E-state index in [0.29, 0.717) is 21.6 Å². The molecule has 0 saturated heterocycles. The van der Waals surface area contributed by atoms with Crippen molar-refractivity contribution in [2.24, 2.45) is 0 Å². The molecule has 0 aliphatic rings. The maximum atomic E-state index is 13.2. The lowest BCUT2D eigenvalue weighted by Gasteiger charge is -2.12. The lowest BCUT2D eigenvalue weighted by atomic mass is 10.2. The van der Waals surface area contributed by atoms with Crippen LogP contribution in [-0.4, -0.2) is 34.8 Å². The smallest absolute Gasteiger partial charge is 0.261 e. The molecule has 8 nitrogen and oxygen atoms in total. The Bertz CT molecular complexity index is 1780. The molecule has 202 valence electrons. The number of amides is 1. The van der Waals surface area contributed by atoms with Crippen molar-refractivity contribution in [2.45, 2.75) is 17.0 Å². The minimum absolute atomic E-state index is 0.0411. The third-order valence-corrected chi connectivity index (χ3v) is 8.54. The third kappa shape index (κ3) is 6.20. The number of para-hydroxylation sites is 3. The minimum atomic E-state index is -3.94. The van der Waals surface area contributed by atoms with E-state index in [-0.39, 0.29) is 22.2 Å². The highest BCUT2D eigenvalue weighted by molar-refractivity contribution is 7.99. The molecule has 0 aliphatic heterocycles. The molecule has 0 fully saturated rings. The number of hydrogen-bond acceptors (Lipinski definition) is 6. The molecule has 2 N–H and O–H groups in total. The Kier molecular flexibility index (Phi) is 8.20. The molecule has 0 atom stereocenters. The Labute approximate surface area is 241 Å². The predicted octanol–water partition coefficient (Wildman–Crippen LogP) is 6.43. The number of aryl methyl sites for hydroxylation is 1. The highest BCUT2D eigenvalue weighted by atomic mass is 35.5. The number of hydrogen-bond donors (Lipinski definition) is 2. The van der Waals surface area contributed by atoms with Gasteiger partial charge in [-0.3, -0.25) is 14.1 Å². The summed E-state index contributed by atoms with van der Waals surface area (Å²) in [6.45, 7) is 1.93. The molecular formula is C29H24ClN5O3S2. The summed E-state index contributed by atoms with van der Waals surface area (Å²) >= 11 is 7.40. The highest BCUT2D eigenvalue weighted by Crippen LogP contribution is 2.30. The van der Waals surface area contributed by atoms with Crippen LogP contribution in [0.15, 0.2) is 113 Å². The second-order valence-electron chi connectivity index (χ2n) is 8.74. The van der Waals surface area contributed by atoms with Gasteiger partial charge in [0.15, 0.2) is 11.0 Å². The topological polar surface area (TPSA) is 106 Å². The summed E-state index contributed by atoms with van der Waals surface area (Å²) in [6, 6.07) is 30.1. The monoisotopic (exact) mass is 589 g/mol. The van der Waals surface area contributed by atoms with Gasteiger partial charge in [0.05, 0.1) is 21.4 Å². The van der Waals surface area contributed by atoms with Gasteiger partial charge in [-0.2, -0.15) is 0 Å². The van der Waals surface area contributed by atoms with Crippen LogP contribution in [0, 0.1) is 6.92 Å². The van der Waals surface area contributed by atoms with Crippen LogP contribution in [0.1, 0.15) is 5.56 Å². The molecule has 5 aromatic rings. The Morgan fingerprint density at radius 1 is 0.875 bits per heavy atom. The number of carbonyl (C=O) groups excluding carboxylic acids is 1. The molecule has 4 aromatic carbocycles. The zero-order valence-electron chi connectivity index (χ0n) is 21.3. The number of nitrogens with one attached hydrogen (secondary N) is 2. The average Bonchev–Trinajstić information content (AvgIpc) is 3.39. The first kappa shape index (κ1) is 27.4. The number of halogens is 1. The molecule has 0 radical (unpaired) electrons. The number of benzene rings is 4. The number of nitrogens with zero attached hydrogens (tertiary/aromatic N) is 3. The summed E-state index contributed by atoms with van der Waals surface area (Å²) in [6.07, 6.45) is 0. The van der Waals surface area contributed by atoms with Gasteiger partial charge >= 0.3 is 0 Å². The molecule has 1 amide bonds. The zero-order chi connectivity index (χ0) is 28.1. The van der Waals surface area contributed by atoms with Gasteiger partial charge in [-0.15, -0.1) is 10.2 Å². The number of thioether (sulfide) groups is 1. The Hall–Kier alpha value is -4.12. The van der Waals surface area contributed by atoms with Crippen LogP contribution in [0.4, 0.5) is 11.4 Å². The fourth-order valence-corrected chi connectivity index (χ4v) is 6.06. The SMILES string of the molecule is Cc1ccccc1NC(=O)CSc1nnc(-c2cccc(S(=O)(=O)Nc3ccccc3Cl)c2)n1-c1ccccc1. The van der Waals surface area contributed by atoms with Gasteiger partial charge in [-0.05, 0) is 55.0 Å². The van der Waals surface area contributed by atoms with Crippen molar-refractivity contribution in [3.05, 3.63) is 114 Å². The number of aromatic nitrogens is 3. The fraction of sp³-hybridized carbons (Fsp3) is 0.0690. The van der Waals surface area contributed by atoms with E-state index in [1.807, 2.05) is 61.5 Å². The number of anilines is 2. The molecule has 0 unspecified atom stereocenters. The molecule has 40 heavy (non-hydrogen) atoms. The highest BCUT2D eigenvalue weighted by Gasteiger charge is 2.21. The molecular weight excluding hydrogens is 566 g/mol. The molecule has 5 rings (SSSR count). The first-order valence-corrected chi connectivity index (χ1v) is 15.0. The van der Waals surface area contributed by atoms with Crippen molar-refractivity contribution in [1.29, 1.82) is 0 Å². The summed E-state index contributed by atoms with van der Waals surface area (Å²) < 4.78 is 30.7. The van der Waals surface area contributed by atoms with Crippen molar-refractivity contribution in [3.8, 4) is 17.1 Å². The first-order chi connectivity index (χ1) is 19.3. The van der Waals surface area contributed by atoms with E-state index >= 15 is 0 Å². The van der Waals surface area contributed by atoms with Gasteiger partial charge in [-0.25, -0.2) is 8.42 Å². The average molecular weight is 590 g/mol. The summed E-state index contributed by atoms with van der Waals surface area (Å²) in [7, 11) is -3.94. The van der Waals surface area contributed by atoms with Crippen molar-refractivity contribution in [1.82, 2.24) is 14.8 Å². The van der Waals surface area contributed by atoms with Crippen LogP contribution in [-0.2, 0) is 14.8 Å². The Morgan fingerprint density at radius 3 is 2.33 bits per heavy atom. The molecule has 0 spiro atoms. The normalized spacial score (nSPS) is 11.2. The molecule has 1 aromatic heterocycles. The molecule has 0 saturated carbocycles. The van der Waals surface area contributed by atoms with E-state index in [2.05, 4.69) is 20.2 Å². The lowest BCUT2D eigenvalue weighted by Crippen LogP contribution is -2.15. The summed E-state index contributed by atoms with van der Waals surface area (Å²) in [5.41, 5.74) is 3.31. The Morgan fingerprint density at radius 2 is 1.57 bits per heavy atom. The first-order valence-electron chi connectivity index (χ1n) is 12.2. The van der Waals surface area contributed by atoms with E-state index in [1.165, 1.54) is 23.9 Å². The van der Waals surface area contributed by atoms with Crippen LogP contribution in [0.25, 0.3) is 17.1 Å². The van der Waals surface area contributed by atoms with Crippen LogP contribution in [0.2, 0.25) is 5.02 Å². The number of carbonyl (C=O) groups is 1. The molecule has 1 heterocycles. The van der Waals surface area contributed by atoms with Gasteiger partial charge in [0.1, 0.15) is 0 Å². The molecule has 0 bridgehead atoms. The van der Waals surface area contributed by atoms with Crippen molar-refractivity contribution >= 4 is 50.7 Å². The van der Waals surface area contributed by atoms with E-state index in [0.717, 1.165) is 16.9 Å². The summed E-state index contributed by atoms with van der Waals surface area (Å²) in [5.74, 6) is 0.361. The van der Waals surface area contributed by atoms with Crippen LogP contribution in [0.5, 0.6) is 0 Å². The zero-order valence-corrected chi connectivity index (χ0v) is 23.7. The second kappa shape index (κ2) is 12.0. The third-order valence-electron chi connectivity index (χ3n) is 5.92. The van der Waals surface area contributed by atoms with Gasteiger partial charge in [-0.1, -0.05) is 84.0 Å². The summed E-state index contributed by atoms with van der Waals surface area (Å²) in [4.78, 5) is 12.8. The number of sulfonamides is 1. The van der Waals surface area contributed by atoms with Crippen molar-refractivity contribution in [2.75, 3.05) is 15.8 Å². The number of rotatable bonds is 9. The van der Waals surface area contributed by atoms with E-state index in [4.69, 9.17) is 11.6 Å². The van der Waals surface area contributed by atoms with Crippen LogP contribution in [0.3, 0.4) is 0 Å². The minimum Gasteiger partial charge on any atom is -0.325 e. The maximum absolute atomic E-state index is 13.2. The second-order valence-corrected chi connectivity index (χ2v) is 11.8. The van der Waals surface area contributed by atoms with Gasteiger partial charge in [0, 0.05) is 16.9 Å². The van der Waals surface area contributed by atoms with Gasteiger partial charge in [0.2, 0.25) is 5.91 Å². The molecule has 11 heteroatoms. The fourth-order valence-electron chi connectivity index (χ4n) is 3.94. The van der Waals surface area contributed by atoms with Crippen molar-refractivity contribution < 1.29 is 13.2 Å². The van der Waals surface area contributed by atoms with Gasteiger partial charge in [0.25, 0.3) is 10.0 Å². The van der Waals surface area contributed by atoms with Crippen molar-refractivity contribution in [3.63, 3.8) is 0 Å². The standard InChI is InChI=1S/C29H24ClN5O3S2/c1-20-10-5-7-16-25(20)31-27(36)19-39-29-33-32-28(35(29)22-12-3-2-4-13-22)21-11-9-14-23(18-21)40(37,38)34-26-17-8-6-15-24(26)30/h2-18,34H,19H2,1H3,(H,31,36). The predicted molar refractivity (Wildman–Crippen MR) is 160 cm³/mol. The van der Waals surface area contributed by atoms with Crippen LogP contribution >= 0.6 is 23.4 Å². The van der Waals surface area contributed by atoms with E-state index < -0.39 is 10.0 Å². The van der Waals surface area contributed by atoms with E-state index in [9.17, 15) is 13.2 Å². The van der Waals surface area contributed by atoms with Crippen LogP contribution < -0.4 is 10.0 Å². The largest absolute Gasteiger partial charge is 0.325 e. The summed E-state index contributed by atoms with van der Waals surface area (Å²) in [5, 5.41) is 12.4. The van der Waals surface area contributed by atoms with E-state index in [1.54, 1.807) is 41.0 Å². The maximum Gasteiger partial charge on any atom is 0.261 e.